The number of hydrogen-bond acceptors (Lipinski definition) is 2. The molecular weight excluding hydrogens is 238 g/mol. The summed E-state index contributed by atoms with van der Waals surface area (Å²) in [6.07, 6.45) is 1.92. The van der Waals surface area contributed by atoms with Gasteiger partial charge in [0.15, 0.2) is 0 Å². The average molecular weight is 256 g/mol. The van der Waals surface area contributed by atoms with Crippen molar-refractivity contribution in [3.63, 3.8) is 0 Å². The number of phenols is 1. The van der Waals surface area contributed by atoms with E-state index in [0.717, 1.165) is 12.8 Å². The topological polar surface area (TPSA) is 49.3 Å². The molecule has 17 heavy (non-hydrogen) atoms. The van der Waals surface area contributed by atoms with Gasteiger partial charge in [0.2, 0.25) is 0 Å². The lowest BCUT2D eigenvalue weighted by Gasteiger charge is -2.08. The smallest absolute Gasteiger partial charge is 0.251 e. The molecule has 0 saturated heterocycles. The van der Waals surface area contributed by atoms with Crippen LogP contribution in [0.1, 0.15) is 30.1 Å². The largest absolute Gasteiger partial charge is 0.508 e. The van der Waals surface area contributed by atoms with Crippen LogP contribution in [0.15, 0.2) is 24.3 Å². The van der Waals surface area contributed by atoms with E-state index in [2.05, 4.69) is 12.2 Å². The van der Waals surface area contributed by atoms with Crippen LogP contribution in [0.4, 0.5) is 0 Å². The molecule has 0 bridgehead atoms. The maximum atomic E-state index is 11.7. The van der Waals surface area contributed by atoms with Gasteiger partial charge in [0, 0.05) is 18.0 Å². The Morgan fingerprint density at radius 3 is 2.94 bits per heavy atom. The van der Waals surface area contributed by atoms with E-state index >= 15 is 0 Å². The number of alkyl halides is 1. The van der Waals surface area contributed by atoms with Crippen LogP contribution in [0.25, 0.3) is 0 Å². The van der Waals surface area contributed by atoms with Crippen molar-refractivity contribution in [2.45, 2.75) is 19.8 Å². The molecule has 1 amide bonds. The molecule has 0 radical (unpaired) electrons. The van der Waals surface area contributed by atoms with Crippen LogP contribution in [0.2, 0.25) is 0 Å². The van der Waals surface area contributed by atoms with E-state index in [1.54, 1.807) is 18.2 Å². The fourth-order valence-electron chi connectivity index (χ4n) is 1.48. The number of halogens is 1. The number of hydrogen-bond donors (Lipinski definition) is 2. The van der Waals surface area contributed by atoms with Gasteiger partial charge in [-0.05, 0) is 37.0 Å². The molecule has 1 aromatic rings. The summed E-state index contributed by atoms with van der Waals surface area (Å²) in [4.78, 5) is 11.7. The molecule has 0 aliphatic carbocycles. The minimum atomic E-state index is -0.153. The Labute approximate surface area is 107 Å². The lowest BCUT2D eigenvalue weighted by Crippen LogP contribution is -2.24. The van der Waals surface area contributed by atoms with E-state index in [9.17, 15) is 9.90 Å². The zero-order chi connectivity index (χ0) is 12.7. The number of benzene rings is 1. The van der Waals surface area contributed by atoms with Gasteiger partial charge in [-0.2, -0.15) is 0 Å². The van der Waals surface area contributed by atoms with Crippen LogP contribution < -0.4 is 5.32 Å². The van der Waals surface area contributed by atoms with E-state index in [0.29, 0.717) is 23.9 Å². The highest BCUT2D eigenvalue weighted by atomic mass is 35.5. The second kappa shape index (κ2) is 7.17. The zero-order valence-electron chi connectivity index (χ0n) is 9.95. The van der Waals surface area contributed by atoms with Crippen molar-refractivity contribution in [2.75, 3.05) is 12.4 Å². The summed E-state index contributed by atoms with van der Waals surface area (Å²) in [6, 6.07) is 6.33. The molecule has 94 valence electrons. The summed E-state index contributed by atoms with van der Waals surface area (Å²) in [5.41, 5.74) is 0.482. The lowest BCUT2D eigenvalue weighted by atomic mass is 10.1. The van der Waals surface area contributed by atoms with E-state index in [1.807, 2.05) is 0 Å². The molecule has 1 aromatic carbocycles. The van der Waals surface area contributed by atoms with Gasteiger partial charge in [-0.1, -0.05) is 13.0 Å². The maximum absolute atomic E-state index is 11.7. The standard InChI is InChI=1S/C13H18ClNO2/c1-10(9-14)4-3-7-15-13(17)11-5-2-6-12(16)8-11/h2,5-6,8,10,16H,3-4,7,9H2,1H3,(H,15,17). The van der Waals surface area contributed by atoms with Crippen molar-refractivity contribution in [2.24, 2.45) is 5.92 Å². The molecule has 1 atom stereocenters. The summed E-state index contributed by atoms with van der Waals surface area (Å²) in [6.45, 7) is 2.72. The molecule has 0 spiro atoms. The van der Waals surface area contributed by atoms with Crippen LogP contribution in [0.5, 0.6) is 5.75 Å². The Morgan fingerprint density at radius 1 is 1.53 bits per heavy atom. The first-order chi connectivity index (χ1) is 8.13. The first-order valence-corrected chi connectivity index (χ1v) is 6.30. The molecule has 0 heterocycles. The molecular formula is C13H18ClNO2. The minimum Gasteiger partial charge on any atom is -0.508 e. The van der Waals surface area contributed by atoms with Crippen LogP contribution in [-0.4, -0.2) is 23.4 Å². The van der Waals surface area contributed by atoms with Gasteiger partial charge in [-0.25, -0.2) is 0 Å². The number of carbonyl (C=O) groups is 1. The Hall–Kier alpha value is -1.22. The van der Waals surface area contributed by atoms with Crippen LogP contribution in [-0.2, 0) is 0 Å². The Balaban J connectivity index is 2.30. The normalized spacial score (nSPS) is 12.1. The van der Waals surface area contributed by atoms with Crippen LogP contribution in [0, 0.1) is 5.92 Å². The van der Waals surface area contributed by atoms with E-state index < -0.39 is 0 Å². The third-order valence-electron chi connectivity index (χ3n) is 2.53. The highest BCUT2D eigenvalue weighted by molar-refractivity contribution is 6.18. The number of carbonyl (C=O) groups excluding carboxylic acids is 1. The second-order valence-corrected chi connectivity index (χ2v) is 4.52. The van der Waals surface area contributed by atoms with E-state index in [1.165, 1.54) is 6.07 Å². The minimum absolute atomic E-state index is 0.105. The molecule has 3 nitrogen and oxygen atoms in total. The summed E-state index contributed by atoms with van der Waals surface area (Å²) >= 11 is 5.69. The average Bonchev–Trinajstić information content (AvgIpc) is 2.34. The third-order valence-corrected chi connectivity index (χ3v) is 3.06. The predicted octanol–water partition coefficient (Wildman–Crippen LogP) is 2.78. The molecule has 4 heteroatoms. The Kier molecular flexibility index (Phi) is 5.84. The fraction of sp³-hybridized carbons (Fsp3) is 0.462. The molecule has 1 unspecified atom stereocenters. The molecule has 0 aromatic heterocycles. The molecule has 0 saturated carbocycles. The zero-order valence-corrected chi connectivity index (χ0v) is 10.7. The third kappa shape index (κ3) is 5.09. The summed E-state index contributed by atoms with van der Waals surface area (Å²) in [5.74, 6) is 1.09. The van der Waals surface area contributed by atoms with Crippen molar-refractivity contribution in [1.82, 2.24) is 5.32 Å². The van der Waals surface area contributed by atoms with Crippen LogP contribution >= 0.6 is 11.6 Å². The molecule has 1 rings (SSSR count). The van der Waals surface area contributed by atoms with Gasteiger partial charge in [-0.3, -0.25) is 4.79 Å². The van der Waals surface area contributed by atoms with Crippen molar-refractivity contribution in [3.05, 3.63) is 29.8 Å². The summed E-state index contributed by atoms with van der Waals surface area (Å²) in [5, 5.41) is 12.1. The molecule has 0 fully saturated rings. The number of amides is 1. The first-order valence-electron chi connectivity index (χ1n) is 5.76. The Bertz CT molecular complexity index is 368. The van der Waals surface area contributed by atoms with Crippen LogP contribution in [0.3, 0.4) is 0 Å². The monoisotopic (exact) mass is 255 g/mol. The van der Waals surface area contributed by atoms with Gasteiger partial charge >= 0.3 is 0 Å². The fourth-order valence-corrected chi connectivity index (χ4v) is 1.63. The van der Waals surface area contributed by atoms with Gasteiger partial charge in [0.05, 0.1) is 0 Å². The summed E-state index contributed by atoms with van der Waals surface area (Å²) < 4.78 is 0. The second-order valence-electron chi connectivity index (χ2n) is 4.21. The van der Waals surface area contributed by atoms with Crippen molar-refractivity contribution >= 4 is 17.5 Å². The van der Waals surface area contributed by atoms with Gasteiger partial charge in [-0.15, -0.1) is 11.6 Å². The van der Waals surface area contributed by atoms with Gasteiger partial charge in [0.1, 0.15) is 5.75 Å². The molecule has 0 aliphatic rings. The Morgan fingerprint density at radius 2 is 2.29 bits per heavy atom. The van der Waals surface area contributed by atoms with Crippen molar-refractivity contribution in [1.29, 1.82) is 0 Å². The number of nitrogens with one attached hydrogen (secondary N) is 1. The number of aromatic hydroxyl groups is 1. The van der Waals surface area contributed by atoms with Gasteiger partial charge < -0.3 is 10.4 Å². The number of phenolic OH excluding ortho intramolecular Hbond substituents is 1. The molecule has 2 N–H and O–H groups in total. The van der Waals surface area contributed by atoms with E-state index in [-0.39, 0.29) is 11.7 Å². The first kappa shape index (κ1) is 13.8. The highest BCUT2D eigenvalue weighted by Crippen LogP contribution is 2.11. The van der Waals surface area contributed by atoms with Crippen molar-refractivity contribution in [3.8, 4) is 5.75 Å². The van der Waals surface area contributed by atoms with E-state index in [4.69, 9.17) is 11.6 Å². The number of rotatable bonds is 6. The lowest BCUT2D eigenvalue weighted by molar-refractivity contribution is 0.0952. The quantitative estimate of drug-likeness (QED) is 0.607. The van der Waals surface area contributed by atoms with Gasteiger partial charge in [0.25, 0.3) is 5.91 Å². The maximum Gasteiger partial charge on any atom is 0.251 e. The predicted molar refractivity (Wildman–Crippen MR) is 69.6 cm³/mol. The van der Waals surface area contributed by atoms with Crippen molar-refractivity contribution < 1.29 is 9.90 Å². The highest BCUT2D eigenvalue weighted by Gasteiger charge is 2.05. The molecule has 0 aliphatic heterocycles. The SMILES string of the molecule is CC(CCl)CCCNC(=O)c1cccc(O)c1. The summed E-state index contributed by atoms with van der Waals surface area (Å²) in [7, 11) is 0.